The van der Waals surface area contributed by atoms with Crippen molar-refractivity contribution in [3.63, 3.8) is 0 Å². The first-order chi connectivity index (χ1) is 21.4. The molecule has 256 valence electrons. The number of carbonyl (C=O) groups excluding carboxylic acids is 3. The second kappa shape index (κ2) is 18.6. The largest absolute Gasteiger partial charge is 0.386 e. The van der Waals surface area contributed by atoms with Crippen molar-refractivity contribution in [3.05, 3.63) is 35.4 Å². The lowest BCUT2D eigenvalue weighted by Gasteiger charge is -2.39. The summed E-state index contributed by atoms with van der Waals surface area (Å²) in [5.74, 6) is -0.267. The number of aliphatic hydroxyl groups excluding tert-OH is 1. The van der Waals surface area contributed by atoms with Crippen LogP contribution in [-0.4, -0.2) is 90.8 Å². The Morgan fingerprint density at radius 2 is 1.64 bits per heavy atom. The average Bonchev–Trinajstić information content (AvgIpc) is 3.52. The molecule has 9 heteroatoms. The number of carbonyl (C=O) groups is 3. The molecule has 3 amide bonds. The van der Waals surface area contributed by atoms with Gasteiger partial charge in [0.1, 0.15) is 0 Å². The zero-order valence-electron chi connectivity index (χ0n) is 29.5. The molecule has 0 aromatic heterocycles. The van der Waals surface area contributed by atoms with Gasteiger partial charge in [-0.05, 0) is 55.6 Å². The monoisotopic (exact) mass is 631 g/mol. The van der Waals surface area contributed by atoms with E-state index in [0.717, 1.165) is 44.1 Å². The third-order valence-corrected chi connectivity index (χ3v) is 10.1. The molecule has 0 aliphatic carbocycles. The number of ether oxygens (including phenoxy) is 2. The van der Waals surface area contributed by atoms with Gasteiger partial charge in [0.25, 0.3) is 0 Å². The highest BCUT2D eigenvalue weighted by atomic mass is 16.5. The second-order valence-electron chi connectivity index (χ2n) is 13.1. The van der Waals surface area contributed by atoms with Gasteiger partial charge in [-0.15, -0.1) is 0 Å². The summed E-state index contributed by atoms with van der Waals surface area (Å²) < 4.78 is 11.7. The molecule has 1 heterocycles. The van der Waals surface area contributed by atoms with E-state index < -0.39 is 30.3 Å². The molecule has 1 aromatic rings. The number of rotatable bonds is 18. The van der Waals surface area contributed by atoms with Gasteiger partial charge in [-0.3, -0.25) is 14.4 Å². The van der Waals surface area contributed by atoms with Crippen LogP contribution >= 0.6 is 0 Å². The number of methoxy groups -OCH3 is 2. The quantitative estimate of drug-likeness (QED) is 0.223. The molecule has 2 N–H and O–H groups in total. The van der Waals surface area contributed by atoms with Gasteiger partial charge in [0.15, 0.2) is 0 Å². The molecule has 1 aliphatic rings. The van der Waals surface area contributed by atoms with Crippen molar-refractivity contribution in [2.24, 2.45) is 11.8 Å². The highest BCUT2D eigenvalue weighted by Gasteiger charge is 2.42. The highest BCUT2D eigenvalue weighted by Crippen LogP contribution is 2.30. The molecule has 9 nitrogen and oxygen atoms in total. The Labute approximate surface area is 272 Å². The zero-order valence-corrected chi connectivity index (χ0v) is 29.5. The van der Waals surface area contributed by atoms with Crippen LogP contribution < -0.4 is 5.32 Å². The fourth-order valence-corrected chi connectivity index (χ4v) is 7.01. The number of likely N-dealkylation sites (tertiary alicyclic amines) is 1. The van der Waals surface area contributed by atoms with E-state index in [0.29, 0.717) is 12.5 Å². The fraction of sp³-hybridized carbons (Fsp3) is 0.750. The number of nitrogens with one attached hydrogen (secondary N) is 1. The van der Waals surface area contributed by atoms with Crippen LogP contribution in [0.5, 0.6) is 0 Å². The molecule has 0 spiro atoms. The first-order valence-corrected chi connectivity index (χ1v) is 17.0. The molecule has 0 radical (unpaired) electrons. The van der Waals surface area contributed by atoms with E-state index in [4.69, 9.17) is 9.47 Å². The van der Waals surface area contributed by atoms with Gasteiger partial charge in [-0.2, -0.15) is 0 Å². The maximum Gasteiger partial charge on any atom is 0.225 e. The van der Waals surface area contributed by atoms with Crippen molar-refractivity contribution < 1.29 is 29.0 Å². The van der Waals surface area contributed by atoms with Gasteiger partial charge < -0.3 is 29.7 Å². The van der Waals surface area contributed by atoms with E-state index in [1.165, 1.54) is 12.5 Å². The van der Waals surface area contributed by atoms with Gasteiger partial charge in [-0.25, -0.2) is 0 Å². The summed E-state index contributed by atoms with van der Waals surface area (Å²) >= 11 is 0. The number of nitrogens with zero attached hydrogens (tertiary/aromatic N) is 2. The van der Waals surface area contributed by atoms with Crippen LogP contribution in [0.15, 0.2) is 24.3 Å². The number of hydrogen-bond acceptors (Lipinski definition) is 6. The summed E-state index contributed by atoms with van der Waals surface area (Å²) in [6.07, 6.45) is 4.03. The first-order valence-electron chi connectivity index (χ1n) is 17.0. The molecule has 1 saturated heterocycles. The predicted molar refractivity (Wildman–Crippen MR) is 179 cm³/mol. The van der Waals surface area contributed by atoms with Crippen LogP contribution in [-0.2, 0) is 23.9 Å². The van der Waals surface area contributed by atoms with Gasteiger partial charge in [0.2, 0.25) is 17.7 Å². The van der Waals surface area contributed by atoms with Crippen LogP contribution in [0.2, 0.25) is 0 Å². The topological polar surface area (TPSA) is 108 Å². The molecular weight excluding hydrogens is 570 g/mol. The van der Waals surface area contributed by atoms with Crippen molar-refractivity contribution in [3.8, 4) is 0 Å². The normalized spacial score (nSPS) is 20.4. The summed E-state index contributed by atoms with van der Waals surface area (Å²) in [6.45, 7) is 14.3. The SMILES string of the molecule is CCCC(CC)c1ccc([C@H](O)[C@@H](C)NC(=O)[C@H](C)[C@@H](OC)[C@@H]2CCCN2C(=O)C[C@@H](OC)[C@H]([C@@H](C)CC)N(C)C(C)=O)cc1. The van der Waals surface area contributed by atoms with E-state index in [2.05, 4.69) is 45.1 Å². The molecule has 45 heavy (non-hydrogen) atoms. The lowest BCUT2D eigenvalue weighted by Crippen LogP contribution is -2.53. The summed E-state index contributed by atoms with van der Waals surface area (Å²) in [7, 11) is 4.93. The molecule has 1 unspecified atom stereocenters. The molecule has 2 rings (SSSR count). The number of aliphatic hydroxyl groups is 1. The minimum atomic E-state index is -0.857. The van der Waals surface area contributed by atoms with Gasteiger partial charge in [0.05, 0.1) is 48.8 Å². The molecule has 0 saturated carbocycles. The van der Waals surface area contributed by atoms with Crippen LogP contribution in [0, 0.1) is 11.8 Å². The molecule has 9 atom stereocenters. The smallest absolute Gasteiger partial charge is 0.225 e. The molecule has 1 fully saturated rings. The van der Waals surface area contributed by atoms with Crippen LogP contribution in [0.25, 0.3) is 0 Å². The number of hydrogen-bond donors (Lipinski definition) is 2. The highest BCUT2D eigenvalue weighted by molar-refractivity contribution is 5.80. The van der Waals surface area contributed by atoms with Crippen molar-refractivity contribution in [1.29, 1.82) is 0 Å². The number of benzene rings is 1. The number of likely N-dealkylation sites (N-methyl/N-ethyl adjacent to an activating group) is 1. The first kappa shape index (κ1) is 38.7. The standard InChI is InChI=1S/C36H61N3O6/c1-11-15-27(13-3)28-17-19-29(20-18-28)34(42)25(6)37-36(43)24(5)35(45-10)30-16-14-21-39(30)32(41)22-31(44-9)33(23(4)12-2)38(8)26(7)40/h17-20,23-25,27,30-31,33-35,42H,11-16,21-22H2,1-10H3,(H,37,43)/t23-,24+,25+,27?,30-,31+,33-,34+,35+/m0/s1. The minimum absolute atomic E-state index is 0.0680. The van der Waals surface area contributed by atoms with E-state index in [1.807, 2.05) is 24.0 Å². The van der Waals surface area contributed by atoms with E-state index in [1.54, 1.807) is 33.1 Å². The lowest BCUT2D eigenvalue weighted by atomic mass is 9.90. The van der Waals surface area contributed by atoms with Gasteiger partial charge in [0, 0.05) is 34.7 Å². The average molecular weight is 632 g/mol. The Kier molecular flexibility index (Phi) is 16.0. The predicted octanol–water partition coefficient (Wildman–Crippen LogP) is 5.46. The van der Waals surface area contributed by atoms with Gasteiger partial charge in [-0.1, -0.05) is 71.7 Å². The Hall–Kier alpha value is -2.49. The van der Waals surface area contributed by atoms with Gasteiger partial charge >= 0.3 is 0 Å². The second-order valence-corrected chi connectivity index (χ2v) is 13.1. The van der Waals surface area contributed by atoms with Crippen molar-refractivity contribution in [2.75, 3.05) is 27.8 Å². The molecule has 1 aliphatic heterocycles. The Morgan fingerprint density at radius 3 is 2.16 bits per heavy atom. The summed E-state index contributed by atoms with van der Waals surface area (Å²) in [6, 6.07) is 7.07. The third-order valence-electron chi connectivity index (χ3n) is 10.1. The zero-order chi connectivity index (χ0) is 33.8. The fourth-order valence-electron chi connectivity index (χ4n) is 7.01. The minimum Gasteiger partial charge on any atom is -0.386 e. The summed E-state index contributed by atoms with van der Waals surface area (Å²) in [5, 5.41) is 14.1. The maximum atomic E-state index is 13.7. The molecule has 0 bridgehead atoms. The third kappa shape index (κ3) is 10.00. The molecular formula is C36H61N3O6. The Balaban J connectivity index is 2.11. The molecule has 1 aromatic carbocycles. The maximum absolute atomic E-state index is 13.7. The van der Waals surface area contributed by atoms with Crippen molar-refractivity contribution in [1.82, 2.24) is 15.1 Å². The Morgan fingerprint density at radius 1 is 1.02 bits per heavy atom. The summed E-state index contributed by atoms with van der Waals surface area (Å²) in [4.78, 5) is 43.0. The van der Waals surface area contributed by atoms with Crippen LogP contribution in [0.4, 0.5) is 0 Å². The van der Waals surface area contributed by atoms with Crippen molar-refractivity contribution in [2.45, 2.75) is 136 Å². The van der Waals surface area contributed by atoms with E-state index >= 15 is 0 Å². The van der Waals surface area contributed by atoms with Crippen LogP contribution in [0.3, 0.4) is 0 Å². The Bertz CT molecular complexity index is 1070. The lowest BCUT2D eigenvalue weighted by molar-refractivity contribution is -0.145. The summed E-state index contributed by atoms with van der Waals surface area (Å²) in [5.41, 5.74) is 2.04. The van der Waals surface area contributed by atoms with Crippen LogP contribution in [0.1, 0.15) is 117 Å². The van der Waals surface area contributed by atoms with E-state index in [9.17, 15) is 19.5 Å². The number of amides is 3. The van der Waals surface area contributed by atoms with E-state index in [-0.39, 0.29) is 42.1 Å². The van der Waals surface area contributed by atoms with Crippen molar-refractivity contribution >= 4 is 17.7 Å².